The van der Waals surface area contributed by atoms with E-state index in [4.69, 9.17) is 11.6 Å². The highest BCUT2D eigenvalue weighted by Crippen LogP contribution is 2.23. The van der Waals surface area contributed by atoms with Gasteiger partial charge in [0.05, 0.1) is 6.20 Å². The minimum absolute atomic E-state index is 0.0301. The van der Waals surface area contributed by atoms with Crippen molar-refractivity contribution in [1.29, 1.82) is 0 Å². The van der Waals surface area contributed by atoms with Crippen molar-refractivity contribution in [2.75, 3.05) is 6.54 Å². The fourth-order valence-electron chi connectivity index (χ4n) is 3.50. The molecule has 0 bridgehead atoms. The second-order valence-corrected chi connectivity index (χ2v) is 6.78. The van der Waals surface area contributed by atoms with E-state index >= 15 is 0 Å². The largest absolute Gasteiger partial charge is 0.335 e. The van der Waals surface area contributed by atoms with Gasteiger partial charge in [-0.15, -0.1) is 0 Å². The fourth-order valence-corrected chi connectivity index (χ4v) is 3.70. The molecule has 2 N–H and O–H groups in total. The monoisotopic (exact) mass is 330 g/mol. The second kappa shape index (κ2) is 5.89. The van der Waals surface area contributed by atoms with Crippen molar-refractivity contribution in [2.45, 2.75) is 38.3 Å². The third-order valence-electron chi connectivity index (χ3n) is 4.81. The van der Waals surface area contributed by atoms with Crippen LogP contribution in [0.3, 0.4) is 0 Å². The highest BCUT2D eigenvalue weighted by molar-refractivity contribution is 6.30. The third kappa shape index (κ3) is 2.93. The van der Waals surface area contributed by atoms with Crippen LogP contribution >= 0.6 is 11.6 Å². The van der Waals surface area contributed by atoms with Crippen LogP contribution in [0, 0.1) is 0 Å². The molecule has 0 spiro atoms. The van der Waals surface area contributed by atoms with Gasteiger partial charge in [-0.3, -0.25) is 5.10 Å². The second-order valence-electron chi connectivity index (χ2n) is 6.35. The molecule has 23 heavy (non-hydrogen) atoms. The van der Waals surface area contributed by atoms with Crippen LogP contribution in [0.25, 0.3) is 0 Å². The molecule has 2 aliphatic rings. The minimum Gasteiger partial charge on any atom is -0.335 e. The lowest BCUT2D eigenvalue weighted by Crippen LogP contribution is -2.48. The van der Waals surface area contributed by atoms with E-state index in [-0.39, 0.29) is 12.1 Å². The first-order valence-electron chi connectivity index (χ1n) is 8.03. The topological polar surface area (TPSA) is 61.0 Å². The Bertz CT molecular complexity index is 742. The van der Waals surface area contributed by atoms with E-state index in [0.717, 1.165) is 37.3 Å². The summed E-state index contributed by atoms with van der Waals surface area (Å²) in [6.07, 6.45) is 5.49. The molecule has 0 fully saturated rings. The summed E-state index contributed by atoms with van der Waals surface area (Å²) in [5.41, 5.74) is 4.87. The van der Waals surface area contributed by atoms with Crippen LogP contribution in [-0.4, -0.2) is 33.7 Å². The Hall–Kier alpha value is -2.01. The van der Waals surface area contributed by atoms with E-state index in [1.54, 1.807) is 0 Å². The smallest absolute Gasteiger partial charge is 0.317 e. The molecule has 0 radical (unpaired) electrons. The van der Waals surface area contributed by atoms with Gasteiger partial charge in [-0.2, -0.15) is 5.10 Å². The van der Waals surface area contributed by atoms with E-state index in [1.165, 1.54) is 22.4 Å². The number of benzene rings is 1. The number of halogens is 1. The zero-order chi connectivity index (χ0) is 15.8. The number of hydrogen-bond donors (Lipinski definition) is 2. The summed E-state index contributed by atoms with van der Waals surface area (Å²) in [6.45, 7) is 1.39. The number of aromatic amines is 1. The number of fused-ring (bicyclic) bond motifs is 2. The van der Waals surface area contributed by atoms with E-state index in [0.29, 0.717) is 6.54 Å². The summed E-state index contributed by atoms with van der Waals surface area (Å²) < 4.78 is 0. The number of aromatic nitrogens is 2. The molecule has 1 atom stereocenters. The maximum Gasteiger partial charge on any atom is 0.317 e. The standard InChI is InChI=1S/C17H19ClN4O/c18-14-2-1-12-10-22(6-5-11(12)7-14)17(23)20-15-3-4-16-13(8-15)9-19-21-16/h1-2,7,9,15H,3-6,8,10H2,(H,19,21)(H,20,23)/t15-/m1/s1. The highest BCUT2D eigenvalue weighted by Gasteiger charge is 2.25. The summed E-state index contributed by atoms with van der Waals surface area (Å²) in [7, 11) is 0. The van der Waals surface area contributed by atoms with Gasteiger partial charge in [0.2, 0.25) is 0 Å². The molecule has 6 heteroatoms. The number of nitrogens with zero attached hydrogens (tertiary/aromatic N) is 2. The van der Waals surface area contributed by atoms with Crippen molar-refractivity contribution in [3.8, 4) is 0 Å². The number of aryl methyl sites for hydroxylation is 1. The summed E-state index contributed by atoms with van der Waals surface area (Å²) >= 11 is 6.04. The Morgan fingerprint density at radius 3 is 3.13 bits per heavy atom. The highest BCUT2D eigenvalue weighted by atomic mass is 35.5. The summed E-state index contributed by atoms with van der Waals surface area (Å²) in [5, 5.41) is 11.1. The van der Waals surface area contributed by atoms with Crippen LogP contribution in [-0.2, 0) is 25.8 Å². The van der Waals surface area contributed by atoms with Crippen molar-refractivity contribution in [2.24, 2.45) is 0 Å². The van der Waals surface area contributed by atoms with Gasteiger partial charge in [0.25, 0.3) is 0 Å². The third-order valence-corrected chi connectivity index (χ3v) is 5.05. The Morgan fingerprint density at radius 1 is 1.30 bits per heavy atom. The van der Waals surface area contributed by atoms with Crippen molar-refractivity contribution in [3.63, 3.8) is 0 Å². The quantitative estimate of drug-likeness (QED) is 0.844. The Labute approximate surface area is 140 Å². The molecule has 1 aliphatic carbocycles. The van der Waals surface area contributed by atoms with Gasteiger partial charge in [-0.25, -0.2) is 4.79 Å². The maximum atomic E-state index is 12.6. The number of amides is 2. The normalized spacial score (nSPS) is 19.9. The lowest BCUT2D eigenvalue weighted by atomic mass is 9.93. The number of urea groups is 1. The number of nitrogens with one attached hydrogen (secondary N) is 2. The van der Waals surface area contributed by atoms with Gasteiger partial charge in [0.15, 0.2) is 0 Å². The van der Waals surface area contributed by atoms with Crippen LogP contribution in [0.2, 0.25) is 5.02 Å². The molecule has 0 saturated heterocycles. The number of carbonyl (C=O) groups is 1. The average molecular weight is 331 g/mol. The Balaban J connectivity index is 1.40. The first-order valence-corrected chi connectivity index (χ1v) is 8.41. The molecule has 1 aromatic heterocycles. The number of rotatable bonds is 1. The summed E-state index contributed by atoms with van der Waals surface area (Å²) in [5.74, 6) is 0. The lowest BCUT2D eigenvalue weighted by molar-refractivity contribution is 0.187. The van der Waals surface area contributed by atoms with Crippen molar-refractivity contribution < 1.29 is 4.79 Å². The van der Waals surface area contributed by atoms with Gasteiger partial charge in [0.1, 0.15) is 0 Å². The zero-order valence-corrected chi connectivity index (χ0v) is 13.6. The fraction of sp³-hybridized carbons (Fsp3) is 0.412. The van der Waals surface area contributed by atoms with E-state index < -0.39 is 0 Å². The molecule has 0 unspecified atom stereocenters. The summed E-state index contributed by atoms with van der Waals surface area (Å²) in [6, 6.07) is 6.15. The van der Waals surface area contributed by atoms with Crippen LogP contribution < -0.4 is 5.32 Å². The molecule has 1 aliphatic heterocycles. The minimum atomic E-state index is 0.0301. The molecular formula is C17H19ClN4O. The predicted octanol–water partition coefficient (Wildman–Crippen LogP) is 2.69. The average Bonchev–Trinajstić information content (AvgIpc) is 3.02. The van der Waals surface area contributed by atoms with Gasteiger partial charge in [-0.1, -0.05) is 17.7 Å². The Kier molecular flexibility index (Phi) is 3.73. The maximum absolute atomic E-state index is 12.6. The number of carbonyl (C=O) groups excluding carboxylic acids is 1. The van der Waals surface area contributed by atoms with Crippen LogP contribution in [0.5, 0.6) is 0 Å². The molecule has 4 rings (SSSR count). The van der Waals surface area contributed by atoms with E-state index in [1.807, 2.05) is 29.3 Å². The first kappa shape index (κ1) is 14.6. The molecule has 2 amide bonds. The van der Waals surface area contributed by atoms with Gasteiger partial charge >= 0.3 is 6.03 Å². The Morgan fingerprint density at radius 2 is 2.22 bits per heavy atom. The predicted molar refractivity (Wildman–Crippen MR) is 88.5 cm³/mol. The van der Waals surface area contributed by atoms with Crippen molar-refractivity contribution in [3.05, 3.63) is 51.8 Å². The molecule has 2 aromatic rings. The van der Waals surface area contributed by atoms with E-state index in [9.17, 15) is 4.79 Å². The van der Waals surface area contributed by atoms with Crippen molar-refractivity contribution in [1.82, 2.24) is 20.4 Å². The molecule has 2 heterocycles. The number of H-pyrrole nitrogens is 1. The van der Waals surface area contributed by atoms with Crippen LogP contribution in [0.1, 0.15) is 28.8 Å². The van der Waals surface area contributed by atoms with Gasteiger partial charge < -0.3 is 10.2 Å². The molecule has 1 aromatic carbocycles. The number of hydrogen-bond acceptors (Lipinski definition) is 2. The van der Waals surface area contributed by atoms with Crippen LogP contribution in [0.15, 0.2) is 24.4 Å². The lowest BCUT2D eigenvalue weighted by Gasteiger charge is -2.31. The van der Waals surface area contributed by atoms with E-state index in [2.05, 4.69) is 15.5 Å². The van der Waals surface area contributed by atoms with Gasteiger partial charge in [-0.05, 0) is 54.5 Å². The molecule has 0 saturated carbocycles. The molecule has 120 valence electrons. The SMILES string of the molecule is O=C(N[C@@H]1CCc2[nH]ncc2C1)N1CCc2cc(Cl)ccc2C1. The summed E-state index contributed by atoms with van der Waals surface area (Å²) in [4.78, 5) is 14.4. The van der Waals surface area contributed by atoms with Crippen LogP contribution in [0.4, 0.5) is 4.79 Å². The van der Waals surface area contributed by atoms with Crippen molar-refractivity contribution >= 4 is 17.6 Å². The molecule has 5 nitrogen and oxygen atoms in total. The van der Waals surface area contributed by atoms with Gasteiger partial charge in [0, 0.05) is 29.8 Å². The first-order chi connectivity index (χ1) is 11.2. The molecular weight excluding hydrogens is 312 g/mol. The zero-order valence-electron chi connectivity index (χ0n) is 12.8.